The summed E-state index contributed by atoms with van der Waals surface area (Å²) in [6.07, 6.45) is 1.95. The number of halogens is 1. The Morgan fingerprint density at radius 2 is 1.54 bits per heavy atom. The number of hydrogen-bond acceptors (Lipinski definition) is 5. The second-order valence-electron chi connectivity index (χ2n) is 11.8. The number of fused-ring (bicyclic) bond motifs is 1. The quantitative estimate of drug-likeness (QED) is 0.133. The average molecular weight is 676 g/mol. The van der Waals surface area contributed by atoms with Crippen LogP contribution in [0.2, 0.25) is 5.02 Å². The number of nitrogens with one attached hydrogen (secondary N) is 2. The summed E-state index contributed by atoms with van der Waals surface area (Å²) < 4.78 is 29.0. The van der Waals surface area contributed by atoms with Crippen LogP contribution in [0.5, 0.6) is 0 Å². The Hall–Kier alpha value is -5.05. The number of amides is 1. The second kappa shape index (κ2) is 14.0. The third kappa shape index (κ3) is 7.10. The van der Waals surface area contributed by atoms with Gasteiger partial charge in [-0.3, -0.25) is 9.59 Å². The van der Waals surface area contributed by atoms with Crippen molar-refractivity contribution in [3.8, 4) is 22.5 Å². The van der Waals surface area contributed by atoms with Gasteiger partial charge >= 0.3 is 0 Å². The minimum absolute atomic E-state index is 0.00446. The fourth-order valence-corrected chi connectivity index (χ4v) is 7.06. The predicted octanol–water partition coefficient (Wildman–Crippen LogP) is 9.13. The van der Waals surface area contributed by atoms with Gasteiger partial charge in [0.15, 0.2) is 5.78 Å². The van der Waals surface area contributed by atoms with Gasteiger partial charge in [-0.15, -0.1) is 0 Å². The molecule has 48 heavy (non-hydrogen) atoms. The smallest absolute Gasteiger partial charge is 0.265 e. The monoisotopic (exact) mass is 675 g/mol. The molecule has 0 saturated heterocycles. The predicted molar refractivity (Wildman–Crippen MR) is 191 cm³/mol. The van der Waals surface area contributed by atoms with Crippen molar-refractivity contribution in [1.29, 1.82) is 0 Å². The number of aryl methyl sites for hydroxylation is 1. The Bertz CT molecular complexity index is 2200. The Morgan fingerprint density at radius 3 is 2.27 bits per heavy atom. The van der Waals surface area contributed by atoms with E-state index in [1.165, 1.54) is 18.2 Å². The van der Waals surface area contributed by atoms with Crippen molar-refractivity contribution >= 4 is 44.3 Å². The molecule has 0 aliphatic rings. The van der Waals surface area contributed by atoms with E-state index in [0.717, 1.165) is 35.0 Å². The lowest BCUT2D eigenvalue weighted by Crippen LogP contribution is -2.31. The van der Waals surface area contributed by atoms with E-state index in [1.54, 1.807) is 42.5 Å². The van der Waals surface area contributed by atoms with E-state index in [1.807, 2.05) is 61.5 Å². The number of H-pyrrole nitrogens is 1. The molecule has 6 aromatic rings. The van der Waals surface area contributed by atoms with Gasteiger partial charge in [-0.1, -0.05) is 97.2 Å². The van der Waals surface area contributed by atoms with E-state index >= 15 is 0 Å². The van der Waals surface area contributed by atoms with Crippen LogP contribution >= 0.6 is 11.6 Å². The molecule has 0 spiro atoms. The number of aromatic amines is 1. The normalized spacial score (nSPS) is 12.1. The van der Waals surface area contributed by atoms with Gasteiger partial charge < -0.3 is 4.98 Å². The van der Waals surface area contributed by atoms with E-state index in [2.05, 4.69) is 16.6 Å². The van der Waals surface area contributed by atoms with Crippen LogP contribution in [0.25, 0.3) is 33.5 Å². The molecule has 9 heteroatoms. The number of carbonyl (C=O) groups is 2. The lowest BCUT2D eigenvalue weighted by Gasteiger charge is -2.18. The van der Waals surface area contributed by atoms with Crippen LogP contribution in [0.4, 0.5) is 0 Å². The molecule has 1 heterocycles. The van der Waals surface area contributed by atoms with E-state index in [9.17, 15) is 18.0 Å². The van der Waals surface area contributed by atoms with Crippen molar-refractivity contribution in [1.82, 2.24) is 14.7 Å². The summed E-state index contributed by atoms with van der Waals surface area (Å²) in [5, 5.41) is 0.411. The molecule has 0 aliphatic carbocycles. The maximum absolute atomic E-state index is 14.0. The molecule has 0 saturated carbocycles. The van der Waals surface area contributed by atoms with Crippen LogP contribution in [0, 0.1) is 6.92 Å². The number of sulfonamides is 1. The number of nitrogens with zero attached hydrogens (tertiary/aromatic N) is 1. The summed E-state index contributed by atoms with van der Waals surface area (Å²) >= 11 is 6.51. The average Bonchev–Trinajstić information content (AvgIpc) is 3.52. The van der Waals surface area contributed by atoms with Crippen LogP contribution in [0.15, 0.2) is 120 Å². The minimum Gasteiger partial charge on any atom is -0.338 e. The zero-order chi connectivity index (χ0) is 33.8. The van der Waals surface area contributed by atoms with Gasteiger partial charge in [-0.05, 0) is 84.5 Å². The van der Waals surface area contributed by atoms with Crippen LogP contribution in [-0.4, -0.2) is 30.1 Å². The maximum Gasteiger partial charge on any atom is 0.265 e. The second-order valence-corrected chi connectivity index (χ2v) is 13.9. The first-order valence-electron chi connectivity index (χ1n) is 15.7. The standard InChI is InChI=1S/C39H34ClN3O4S/c1-3-9-27(26-10-5-4-6-11-26)23-37(44)28-16-20-31(34(22-28)39(45)43-48(46,47)30-18-14-25(2)15-19-30)33-24-29(40)17-21-32(33)38-41-35-12-7-8-13-36(35)42-38/h4-8,10-22,24,27H,3,9,23H2,1-2H3,(H,41,42)(H,43,45)/t27-/m0/s1. The Balaban J connectivity index is 1.45. The summed E-state index contributed by atoms with van der Waals surface area (Å²) in [5.74, 6) is -0.478. The van der Waals surface area contributed by atoms with Crippen LogP contribution in [0.3, 0.4) is 0 Å². The molecule has 0 aliphatic heterocycles. The van der Waals surface area contributed by atoms with Gasteiger partial charge in [0.25, 0.3) is 15.9 Å². The van der Waals surface area contributed by atoms with E-state index in [-0.39, 0.29) is 28.6 Å². The van der Waals surface area contributed by atoms with Gasteiger partial charge in [0.1, 0.15) is 5.82 Å². The number of Topliss-reactive ketones (excluding diaryl/α,β-unsaturated/α-hetero) is 1. The number of rotatable bonds is 11. The number of imidazole rings is 1. The highest BCUT2D eigenvalue weighted by molar-refractivity contribution is 7.90. The first-order valence-corrected chi connectivity index (χ1v) is 17.6. The van der Waals surface area contributed by atoms with Crippen molar-refractivity contribution in [3.63, 3.8) is 0 Å². The van der Waals surface area contributed by atoms with Crippen molar-refractivity contribution in [2.45, 2.75) is 43.9 Å². The number of benzene rings is 5. The topological polar surface area (TPSA) is 109 Å². The van der Waals surface area contributed by atoms with Gasteiger partial charge in [-0.2, -0.15) is 0 Å². The highest BCUT2D eigenvalue weighted by Crippen LogP contribution is 2.37. The summed E-state index contributed by atoms with van der Waals surface area (Å²) in [6, 6.07) is 33.8. The molecule has 6 rings (SSSR count). The Morgan fingerprint density at radius 1 is 0.833 bits per heavy atom. The van der Waals surface area contributed by atoms with Crippen LogP contribution < -0.4 is 4.72 Å². The SMILES string of the molecule is CCC[C@@H](CC(=O)c1ccc(-c2cc(Cl)ccc2-c2nc3ccccc3[nH]2)c(C(=O)NS(=O)(=O)c2ccc(C)cc2)c1)c1ccccc1. The van der Waals surface area contributed by atoms with Crippen LogP contribution in [-0.2, 0) is 10.0 Å². The minimum atomic E-state index is -4.24. The number of hydrogen-bond donors (Lipinski definition) is 2. The largest absolute Gasteiger partial charge is 0.338 e. The zero-order valence-electron chi connectivity index (χ0n) is 26.5. The van der Waals surface area contributed by atoms with Gasteiger partial charge in [0.2, 0.25) is 0 Å². The molecule has 7 nitrogen and oxygen atoms in total. The molecule has 0 unspecified atom stereocenters. The van der Waals surface area contributed by atoms with E-state index in [4.69, 9.17) is 16.6 Å². The number of para-hydroxylation sites is 2. The van der Waals surface area contributed by atoms with Crippen molar-refractivity contribution in [2.75, 3.05) is 0 Å². The van der Waals surface area contributed by atoms with Crippen molar-refractivity contribution in [2.24, 2.45) is 0 Å². The van der Waals surface area contributed by atoms with Crippen molar-refractivity contribution in [3.05, 3.63) is 143 Å². The molecular weight excluding hydrogens is 642 g/mol. The number of carbonyl (C=O) groups excluding carboxylic acids is 2. The highest BCUT2D eigenvalue weighted by Gasteiger charge is 2.25. The third-order valence-corrected chi connectivity index (χ3v) is 9.98. The summed E-state index contributed by atoms with van der Waals surface area (Å²) in [6.45, 7) is 3.92. The Labute approximate surface area is 285 Å². The Kier molecular flexibility index (Phi) is 9.57. The van der Waals surface area contributed by atoms with E-state index < -0.39 is 15.9 Å². The summed E-state index contributed by atoms with van der Waals surface area (Å²) in [4.78, 5) is 35.9. The maximum atomic E-state index is 14.0. The van der Waals surface area contributed by atoms with Gasteiger partial charge in [0, 0.05) is 28.1 Å². The van der Waals surface area contributed by atoms with Crippen molar-refractivity contribution < 1.29 is 18.0 Å². The van der Waals surface area contributed by atoms with Gasteiger partial charge in [-0.25, -0.2) is 18.1 Å². The first-order chi connectivity index (χ1) is 23.1. The first kappa shape index (κ1) is 32.9. The molecule has 0 radical (unpaired) electrons. The highest BCUT2D eigenvalue weighted by atomic mass is 35.5. The molecule has 242 valence electrons. The zero-order valence-corrected chi connectivity index (χ0v) is 28.1. The molecular formula is C39H34ClN3O4S. The lowest BCUT2D eigenvalue weighted by atomic mass is 9.87. The number of aromatic nitrogens is 2. The fraction of sp³-hybridized carbons (Fsp3) is 0.154. The number of ketones is 1. The molecule has 1 amide bonds. The summed E-state index contributed by atoms with van der Waals surface area (Å²) in [7, 11) is -4.24. The van der Waals surface area contributed by atoms with Crippen LogP contribution in [0.1, 0.15) is 63.9 Å². The molecule has 2 N–H and O–H groups in total. The fourth-order valence-electron chi connectivity index (χ4n) is 5.92. The molecule has 0 fully saturated rings. The molecule has 1 aromatic heterocycles. The van der Waals surface area contributed by atoms with E-state index in [0.29, 0.717) is 33.1 Å². The van der Waals surface area contributed by atoms with Gasteiger partial charge in [0.05, 0.1) is 15.9 Å². The molecule has 0 bridgehead atoms. The molecule has 1 atom stereocenters. The lowest BCUT2D eigenvalue weighted by molar-refractivity contribution is 0.0972. The summed E-state index contributed by atoms with van der Waals surface area (Å²) in [5.41, 5.74) is 5.46. The third-order valence-electron chi connectivity index (χ3n) is 8.40. The molecule has 5 aromatic carbocycles.